The molecule has 2 nitrogen and oxygen atoms in total. The van der Waals surface area contributed by atoms with Crippen molar-refractivity contribution in [1.82, 2.24) is 0 Å². The van der Waals surface area contributed by atoms with Crippen LogP contribution in [-0.4, -0.2) is 11.7 Å². The highest BCUT2D eigenvalue weighted by Crippen LogP contribution is 2.42. The summed E-state index contributed by atoms with van der Waals surface area (Å²) >= 11 is 8.52. The third kappa shape index (κ3) is 2.45. The SMILES string of the molecule is CC1(C)COc2ccc(C(O)c3cc(Br)sc3Br)cc21. The molecule has 1 aliphatic heterocycles. The van der Waals surface area contributed by atoms with Gasteiger partial charge in [-0.25, -0.2) is 0 Å². The van der Waals surface area contributed by atoms with Gasteiger partial charge in [0, 0.05) is 16.5 Å². The number of aliphatic hydroxyl groups excluding tert-OH is 1. The van der Waals surface area contributed by atoms with E-state index in [1.807, 2.05) is 18.2 Å². The number of rotatable bonds is 2. The molecule has 0 saturated carbocycles. The molecule has 1 aromatic carbocycles. The van der Waals surface area contributed by atoms with Crippen molar-refractivity contribution in [2.75, 3.05) is 6.61 Å². The Morgan fingerprint density at radius 1 is 1.30 bits per heavy atom. The highest BCUT2D eigenvalue weighted by atomic mass is 79.9. The van der Waals surface area contributed by atoms with Crippen molar-refractivity contribution in [3.63, 3.8) is 0 Å². The van der Waals surface area contributed by atoms with Crippen LogP contribution in [0.1, 0.15) is 36.6 Å². The molecule has 1 aliphatic rings. The van der Waals surface area contributed by atoms with Crippen molar-refractivity contribution in [3.8, 4) is 5.75 Å². The molecular formula is C15H14Br2O2S. The lowest BCUT2D eigenvalue weighted by Gasteiger charge is -2.17. The second-order valence-electron chi connectivity index (χ2n) is 5.61. The summed E-state index contributed by atoms with van der Waals surface area (Å²) in [5.74, 6) is 0.927. The minimum absolute atomic E-state index is 0.00246. The van der Waals surface area contributed by atoms with Crippen molar-refractivity contribution < 1.29 is 9.84 Å². The average molecular weight is 418 g/mol. The number of thiophene rings is 1. The van der Waals surface area contributed by atoms with Gasteiger partial charge in [-0.2, -0.15) is 0 Å². The molecule has 0 spiro atoms. The Hall–Kier alpha value is -0.360. The standard InChI is InChI=1S/C15H14Br2O2S/c1-15(2)7-19-11-4-3-8(5-10(11)15)13(18)9-6-12(16)20-14(9)17/h3-6,13,18H,7H2,1-2H3. The molecule has 0 amide bonds. The summed E-state index contributed by atoms with van der Waals surface area (Å²) in [5.41, 5.74) is 2.95. The summed E-state index contributed by atoms with van der Waals surface area (Å²) in [6.07, 6.45) is -0.631. The zero-order valence-electron chi connectivity index (χ0n) is 11.1. The Balaban J connectivity index is 2.02. The summed E-state index contributed by atoms with van der Waals surface area (Å²) in [4.78, 5) is 0. The van der Waals surface area contributed by atoms with Crippen LogP contribution in [0.15, 0.2) is 31.8 Å². The van der Waals surface area contributed by atoms with Crippen molar-refractivity contribution in [2.45, 2.75) is 25.4 Å². The fraction of sp³-hybridized carbons (Fsp3) is 0.333. The molecule has 1 N–H and O–H groups in total. The number of aliphatic hydroxyl groups is 1. The molecule has 0 bridgehead atoms. The molecule has 0 aliphatic carbocycles. The Morgan fingerprint density at radius 3 is 2.70 bits per heavy atom. The summed E-state index contributed by atoms with van der Waals surface area (Å²) < 4.78 is 7.64. The second-order valence-corrected chi connectivity index (χ2v) is 9.36. The van der Waals surface area contributed by atoms with Gasteiger partial charge in [-0.15, -0.1) is 11.3 Å². The number of fused-ring (bicyclic) bond motifs is 1. The highest BCUT2D eigenvalue weighted by molar-refractivity contribution is 9.12. The van der Waals surface area contributed by atoms with Gasteiger partial charge in [0.2, 0.25) is 0 Å². The Kier molecular flexibility index (Phi) is 3.73. The van der Waals surface area contributed by atoms with E-state index < -0.39 is 6.10 Å². The van der Waals surface area contributed by atoms with Crippen LogP contribution in [0.4, 0.5) is 0 Å². The molecule has 106 valence electrons. The van der Waals surface area contributed by atoms with E-state index in [0.717, 1.165) is 24.4 Å². The van der Waals surface area contributed by atoms with Crippen LogP contribution >= 0.6 is 43.2 Å². The Bertz CT molecular complexity index is 664. The minimum Gasteiger partial charge on any atom is -0.492 e. The van der Waals surface area contributed by atoms with Crippen LogP contribution in [0, 0.1) is 0 Å². The summed E-state index contributed by atoms with van der Waals surface area (Å²) in [6, 6.07) is 7.90. The second kappa shape index (κ2) is 5.13. The fourth-order valence-corrected chi connectivity index (χ4v) is 5.31. The first-order chi connectivity index (χ1) is 9.38. The molecule has 1 aromatic heterocycles. The maximum absolute atomic E-state index is 10.6. The molecule has 5 heteroatoms. The van der Waals surface area contributed by atoms with E-state index in [1.54, 1.807) is 11.3 Å². The molecular weight excluding hydrogens is 404 g/mol. The maximum Gasteiger partial charge on any atom is 0.123 e. The summed E-state index contributed by atoms with van der Waals surface area (Å²) in [6.45, 7) is 5.01. The quantitative estimate of drug-likeness (QED) is 0.742. The molecule has 0 radical (unpaired) electrons. The van der Waals surface area contributed by atoms with Gasteiger partial charge < -0.3 is 9.84 Å². The van der Waals surface area contributed by atoms with E-state index in [0.29, 0.717) is 6.61 Å². The van der Waals surface area contributed by atoms with Gasteiger partial charge >= 0.3 is 0 Å². The lowest BCUT2D eigenvalue weighted by Crippen LogP contribution is -2.18. The van der Waals surface area contributed by atoms with E-state index in [-0.39, 0.29) is 5.41 Å². The minimum atomic E-state index is -0.631. The van der Waals surface area contributed by atoms with Crippen LogP contribution in [0.2, 0.25) is 0 Å². The molecule has 0 fully saturated rings. The first kappa shape index (κ1) is 14.6. The number of halogens is 2. The molecule has 3 rings (SSSR count). The number of ether oxygens (including phenoxy) is 1. The molecule has 2 aromatic rings. The lowest BCUT2D eigenvalue weighted by molar-refractivity contribution is 0.220. The third-order valence-corrected chi connectivity index (χ3v) is 6.00. The van der Waals surface area contributed by atoms with Crippen molar-refractivity contribution in [3.05, 3.63) is 48.5 Å². The lowest BCUT2D eigenvalue weighted by atomic mass is 9.85. The Labute approximate surface area is 139 Å². The largest absolute Gasteiger partial charge is 0.492 e. The molecule has 1 unspecified atom stereocenters. The van der Waals surface area contributed by atoms with E-state index in [2.05, 4.69) is 51.8 Å². The average Bonchev–Trinajstić information content (AvgIpc) is 2.88. The zero-order chi connectivity index (χ0) is 14.5. The molecule has 20 heavy (non-hydrogen) atoms. The van der Waals surface area contributed by atoms with Crippen molar-refractivity contribution >= 4 is 43.2 Å². The van der Waals surface area contributed by atoms with Crippen molar-refractivity contribution in [2.24, 2.45) is 0 Å². The summed E-state index contributed by atoms with van der Waals surface area (Å²) in [5, 5.41) is 10.6. The molecule has 1 atom stereocenters. The van der Waals surface area contributed by atoms with Gasteiger partial charge in [-0.3, -0.25) is 0 Å². The third-order valence-electron chi connectivity index (χ3n) is 3.61. The van der Waals surface area contributed by atoms with E-state index in [1.165, 1.54) is 5.56 Å². The predicted molar refractivity (Wildman–Crippen MR) is 88.7 cm³/mol. The van der Waals surface area contributed by atoms with Gasteiger partial charge in [-0.05, 0) is 55.6 Å². The first-order valence-corrected chi connectivity index (χ1v) is 8.69. The molecule has 2 heterocycles. The van der Waals surface area contributed by atoms with Crippen LogP contribution in [0.25, 0.3) is 0 Å². The smallest absolute Gasteiger partial charge is 0.123 e. The van der Waals surface area contributed by atoms with Crippen LogP contribution in [0.5, 0.6) is 5.75 Å². The van der Waals surface area contributed by atoms with Gasteiger partial charge in [0.05, 0.1) is 14.2 Å². The van der Waals surface area contributed by atoms with E-state index in [4.69, 9.17) is 4.74 Å². The highest BCUT2D eigenvalue weighted by Gasteiger charge is 2.32. The number of hydrogen-bond acceptors (Lipinski definition) is 3. The maximum atomic E-state index is 10.6. The van der Waals surface area contributed by atoms with Gasteiger partial charge in [-0.1, -0.05) is 19.9 Å². The first-order valence-electron chi connectivity index (χ1n) is 6.28. The van der Waals surface area contributed by atoms with Crippen LogP contribution < -0.4 is 4.74 Å². The Morgan fingerprint density at radius 2 is 2.05 bits per heavy atom. The number of benzene rings is 1. The topological polar surface area (TPSA) is 29.5 Å². The van der Waals surface area contributed by atoms with E-state index in [9.17, 15) is 5.11 Å². The van der Waals surface area contributed by atoms with Crippen LogP contribution in [-0.2, 0) is 5.41 Å². The zero-order valence-corrected chi connectivity index (χ0v) is 15.1. The normalized spacial score (nSPS) is 17.6. The monoisotopic (exact) mass is 416 g/mol. The van der Waals surface area contributed by atoms with Crippen LogP contribution in [0.3, 0.4) is 0 Å². The van der Waals surface area contributed by atoms with Crippen molar-refractivity contribution in [1.29, 1.82) is 0 Å². The van der Waals surface area contributed by atoms with Gasteiger partial charge in [0.1, 0.15) is 11.9 Å². The molecule has 0 saturated heterocycles. The van der Waals surface area contributed by atoms with Gasteiger partial charge in [0.15, 0.2) is 0 Å². The van der Waals surface area contributed by atoms with Gasteiger partial charge in [0.25, 0.3) is 0 Å². The predicted octanol–water partition coefficient (Wildman–Crippen LogP) is 5.02. The van der Waals surface area contributed by atoms with E-state index >= 15 is 0 Å². The fourth-order valence-electron chi connectivity index (χ4n) is 2.43. The summed E-state index contributed by atoms with van der Waals surface area (Å²) in [7, 11) is 0. The number of hydrogen-bond donors (Lipinski definition) is 1.